The summed E-state index contributed by atoms with van der Waals surface area (Å²) in [5.41, 5.74) is -1.06. The Kier molecular flexibility index (Phi) is 4.41. The third-order valence-corrected chi connectivity index (χ3v) is 4.59. The summed E-state index contributed by atoms with van der Waals surface area (Å²) in [6.45, 7) is 3.06. The minimum atomic E-state index is -1.70. The van der Waals surface area contributed by atoms with Crippen LogP contribution in [-0.4, -0.2) is 40.9 Å². The van der Waals surface area contributed by atoms with E-state index >= 15 is 0 Å². The fraction of sp³-hybridized carbons (Fsp3) is 0.412. The quantitative estimate of drug-likeness (QED) is 0.461. The Hall–Kier alpha value is -2.94. The lowest BCUT2D eigenvalue weighted by atomic mass is 9.72. The van der Waals surface area contributed by atoms with Crippen LogP contribution in [0.5, 0.6) is 0 Å². The predicted octanol–water partition coefficient (Wildman–Crippen LogP) is 0.980. The van der Waals surface area contributed by atoms with Crippen molar-refractivity contribution < 1.29 is 29.1 Å². The highest BCUT2D eigenvalue weighted by molar-refractivity contribution is 5.94. The molecule has 3 rings (SSSR count). The van der Waals surface area contributed by atoms with Crippen LogP contribution < -0.4 is 5.32 Å². The average molecular weight is 362 g/mol. The first-order valence-electron chi connectivity index (χ1n) is 8.08. The summed E-state index contributed by atoms with van der Waals surface area (Å²) in [6, 6.07) is 5.63. The minimum absolute atomic E-state index is 0.122. The fourth-order valence-electron chi connectivity index (χ4n) is 3.55. The number of nitrogens with one attached hydrogen (secondary N) is 1. The van der Waals surface area contributed by atoms with Gasteiger partial charge in [0.1, 0.15) is 12.5 Å². The molecule has 3 atom stereocenters. The van der Waals surface area contributed by atoms with E-state index in [0.29, 0.717) is 11.3 Å². The Labute approximate surface area is 148 Å². The zero-order valence-corrected chi connectivity index (χ0v) is 14.2. The summed E-state index contributed by atoms with van der Waals surface area (Å²) < 4.78 is 10.1. The third-order valence-electron chi connectivity index (χ3n) is 4.59. The summed E-state index contributed by atoms with van der Waals surface area (Å²) in [6.07, 6.45) is 0. The number of nitrogens with zero attached hydrogens (tertiary/aromatic N) is 1. The van der Waals surface area contributed by atoms with Gasteiger partial charge in [-0.2, -0.15) is 0 Å². The smallest absolute Gasteiger partial charge is 0.336 e. The lowest BCUT2D eigenvalue weighted by Crippen LogP contribution is -2.57. The highest BCUT2D eigenvalue weighted by Crippen LogP contribution is 2.46. The number of fused-ring (bicyclic) bond motifs is 1. The maximum absolute atomic E-state index is 12.5. The van der Waals surface area contributed by atoms with E-state index in [-0.39, 0.29) is 24.5 Å². The van der Waals surface area contributed by atoms with E-state index in [9.17, 15) is 24.8 Å². The number of aliphatic hydroxyl groups is 1. The third kappa shape index (κ3) is 2.80. The molecule has 9 heteroatoms. The predicted molar refractivity (Wildman–Crippen MR) is 87.7 cm³/mol. The zero-order valence-electron chi connectivity index (χ0n) is 14.2. The molecule has 1 fully saturated rings. The van der Waals surface area contributed by atoms with Gasteiger partial charge in [0.25, 0.3) is 5.69 Å². The standard InChI is InChI=1S/C17H18N2O7/c1-3-25-15(20)12-9(2)18-17(22)8-26-16(21)14(17)13(12)10-5-4-6-11(7-10)19(23)24/h4-7,13-14,18,22H,3,8H2,1-2H3. The maximum Gasteiger partial charge on any atom is 0.336 e. The van der Waals surface area contributed by atoms with Crippen LogP contribution in [0.3, 0.4) is 0 Å². The molecule has 0 saturated carbocycles. The maximum atomic E-state index is 12.5. The van der Waals surface area contributed by atoms with Crippen LogP contribution in [-0.2, 0) is 19.1 Å². The van der Waals surface area contributed by atoms with E-state index < -0.39 is 34.4 Å². The number of ether oxygens (including phenoxy) is 2. The highest BCUT2D eigenvalue weighted by atomic mass is 16.6. The SMILES string of the molecule is CCOC(=O)C1=C(C)NC2(O)COC(=O)C2C1c1cccc([N+](=O)[O-])c1. The molecule has 2 N–H and O–H groups in total. The number of nitro benzene ring substituents is 1. The van der Waals surface area contributed by atoms with Crippen molar-refractivity contribution >= 4 is 17.6 Å². The van der Waals surface area contributed by atoms with E-state index in [1.165, 1.54) is 18.2 Å². The number of carbonyl (C=O) groups is 2. The van der Waals surface area contributed by atoms with Crippen LogP contribution >= 0.6 is 0 Å². The molecule has 138 valence electrons. The lowest BCUT2D eigenvalue weighted by molar-refractivity contribution is -0.384. The number of hydrogen-bond donors (Lipinski definition) is 2. The molecule has 26 heavy (non-hydrogen) atoms. The molecular formula is C17H18N2O7. The van der Waals surface area contributed by atoms with E-state index in [4.69, 9.17) is 9.47 Å². The number of non-ortho nitro benzene ring substituents is 1. The molecule has 1 aromatic carbocycles. The number of carbonyl (C=O) groups excluding carboxylic acids is 2. The van der Waals surface area contributed by atoms with Crippen LogP contribution in [0.2, 0.25) is 0 Å². The van der Waals surface area contributed by atoms with Crippen molar-refractivity contribution in [3.8, 4) is 0 Å². The number of hydrogen-bond acceptors (Lipinski definition) is 8. The second-order valence-electron chi connectivity index (χ2n) is 6.22. The van der Waals surface area contributed by atoms with Gasteiger partial charge in [0, 0.05) is 23.7 Å². The van der Waals surface area contributed by atoms with Crippen molar-refractivity contribution in [2.24, 2.45) is 5.92 Å². The van der Waals surface area contributed by atoms with Gasteiger partial charge >= 0.3 is 11.9 Å². The normalized spacial score (nSPS) is 27.4. The van der Waals surface area contributed by atoms with Gasteiger partial charge in [-0.25, -0.2) is 4.79 Å². The van der Waals surface area contributed by atoms with Gasteiger partial charge in [-0.3, -0.25) is 14.9 Å². The molecule has 0 radical (unpaired) electrons. The number of allylic oxidation sites excluding steroid dienone is 1. The lowest BCUT2D eigenvalue weighted by Gasteiger charge is -2.39. The summed E-state index contributed by atoms with van der Waals surface area (Å²) in [7, 11) is 0. The van der Waals surface area contributed by atoms with Gasteiger partial charge < -0.3 is 19.9 Å². The highest BCUT2D eigenvalue weighted by Gasteiger charge is 2.58. The Morgan fingerprint density at radius 3 is 2.92 bits per heavy atom. The summed E-state index contributed by atoms with van der Waals surface area (Å²) >= 11 is 0. The Morgan fingerprint density at radius 2 is 2.27 bits per heavy atom. The van der Waals surface area contributed by atoms with Gasteiger partial charge in [0.05, 0.1) is 17.1 Å². The molecule has 0 amide bonds. The Balaban J connectivity index is 2.19. The Bertz CT molecular complexity index is 819. The first-order chi connectivity index (χ1) is 12.3. The van der Waals surface area contributed by atoms with Crippen LogP contribution in [0.15, 0.2) is 35.5 Å². The molecule has 0 bridgehead atoms. The number of cyclic esters (lactones) is 1. The molecule has 0 aliphatic carbocycles. The average Bonchev–Trinajstić information content (AvgIpc) is 2.88. The summed E-state index contributed by atoms with van der Waals surface area (Å²) in [5, 5.41) is 24.7. The molecule has 0 spiro atoms. The largest absolute Gasteiger partial charge is 0.463 e. The first kappa shape index (κ1) is 17.9. The molecule has 0 aromatic heterocycles. The number of nitro groups is 1. The molecular weight excluding hydrogens is 344 g/mol. The fourth-order valence-corrected chi connectivity index (χ4v) is 3.55. The van der Waals surface area contributed by atoms with Crippen LogP contribution in [0.1, 0.15) is 25.3 Å². The minimum Gasteiger partial charge on any atom is -0.463 e. The van der Waals surface area contributed by atoms with Gasteiger partial charge in [0.15, 0.2) is 5.72 Å². The molecule has 2 heterocycles. The van der Waals surface area contributed by atoms with Crippen LogP contribution in [0, 0.1) is 16.0 Å². The molecule has 1 saturated heterocycles. The van der Waals surface area contributed by atoms with Gasteiger partial charge in [-0.05, 0) is 19.4 Å². The van der Waals surface area contributed by atoms with E-state index in [1.807, 2.05) is 0 Å². The van der Waals surface area contributed by atoms with Crippen molar-refractivity contribution in [2.75, 3.05) is 13.2 Å². The number of benzene rings is 1. The molecule has 2 aliphatic heterocycles. The first-order valence-corrected chi connectivity index (χ1v) is 8.08. The topological polar surface area (TPSA) is 128 Å². The van der Waals surface area contributed by atoms with Crippen molar-refractivity contribution in [3.63, 3.8) is 0 Å². The number of rotatable bonds is 4. The van der Waals surface area contributed by atoms with Gasteiger partial charge in [-0.15, -0.1) is 0 Å². The molecule has 2 aliphatic rings. The molecule has 1 aromatic rings. The second-order valence-corrected chi connectivity index (χ2v) is 6.22. The van der Waals surface area contributed by atoms with Crippen molar-refractivity contribution in [1.82, 2.24) is 5.32 Å². The van der Waals surface area contributed by atoms with Crippen molar-refractivity contribution in [1.29, 1.82) is 0 Å². The van der Waals surface area contributed by atoms with E-state index in [1.54, 1.807) is 19.9 Å². The molecule has 9 nitrogen and oxygen atoms in total. The monoisotopic (exact) mass is 362 g/mol. The number of esters is 2. The summed E-state index contributed by atoms with van der Waals surface area (Å²) in [5.74, 6) is -3.41. The van der Waals surface area contributed by atoms with Crippen molar-refractivity contribution in [3.05, 3.63) is 51.2 Å². The van der Waals surface area contributed by atoms with Crippen LogP contribution in [0.4, 0.5) is 5.69 Å². The molecule has 3 unspecified atom stereocenters. The van der Waals surface area contributed by atoms with Gasteiger partial charge in [0.2, 0.25) is 0 Å². The van der Waals surface area contributed by atoms with Gasteiger partial charge in [-0.1, -0.05) is 12.1 Å². The van der Waals surface area contributed by atoms with E-state index in [0.717, 1.165) is 0 Å². The summed E-state index contributed by atoms with van der Waals surface area (Å²) in [4.78, 5) is 35.4. The van der Waals surface area contributed by atoms with E-state index in [2.05, 4.69) is 5.32 Å². The van der Waals surface area contributed by atoms with Crippen molar-refractivity contribution in [2.45, 2.75) is 25.5 Å². The zero-order chi connectivity index (χ0) is 19.1. The second kappa shape index (κ2) is 6.41. The van der Waals surface area contributed by atoms with Crippen LogP contribution in [0.25, 0.3) is 0 Å². The Morgan fingerprint density at radius 1 is 1.54 bits per heavy atom.